The number of aromatic nitrogens is 4. The van der Waals surface area contributed by atoms with Crippen LogP contribution in [0.25, 0.3) is 0 Å². The van der Waals surface area contributed by atoms with E-state index < -0.39 is 5.91 Å². The van der Waals surface area contributed by atoms with Crippen LogP contribution in [-0.4, -0.2) is 39.0 Å². The van der Waals surface area contributed by atoms with Gasteiger partial charge in [0.1, 0.15) is 6.54 Å². The lowest BCUT2D eigenvalue weighted by Gasteiger charge is -2.27. The summed E-state index contributed by atoms with van der Waals surface area (Å²) in [7, 11) is 0. The number of nitrogens with zero attached hydrogens (tertiary/aromatic N) is 4. The number of hydrogen-bond donors (Lipinski definition) is 2. The molecule has 1 aliphatic rings. The molecule has 2 aromatic rings. The fraction of sp³-hybridized carbons (Fsp3) is 0.100. The molecule has 8 heteroatoms. The van der Waals surface area contributed by atoms with Gasteiger partial charge in [0.2, 0.25) is 5.91 Å². The minimum absolute atomic E-state index is 0.0651. The zero-order valence-electron chi connectivity index (χ0n) is 9.12. The highest BCUT2D eigenvalue weighted by molar-refractivity contribution is 6.13. The quantitative estimate of drug-likeness (QED) is 0.722. The molecule has 0 fully saturated rings. The van der Waals surface area contributed by atoms with Gasteiger partial charge in [-0.3, -0.25) is 14.5 Å². The van der Waals surface area contributed by atoms with E-state index in [-0.39, 0.29) is 18.3 Å². The van der Waals surface area contributed by atoms with E-state index in [0.717, 1.165) is 0 Å². The van der Waals surface area contributed by atoms with Gasteiger partial charge in [-0.1, -0.05) is 12.1 Å². The van der Waals surface area contributed by atoms with E-state index in [1.54, 1.807) is 24.3 Å². The smallest absolute Gasteiger partial charge is 0.300 e. The van der Waals surface area contributed by atoms with Gasteiger partial charge in [0.15, 0.2) is 0 Å². The average Bonchev–Trinajstić information content (AvgIpc) is 2.90. The summed E-state index contributed by atoms with van der Waals surface area (Å²) in [6.45, 7) is -0.0651. The lowest BCUT2D eigenvalue weighted by atomic mass is 10.2. The van der Waals surface area contributed by atoms with Gasteiger partial charge in [0.05, 0.1) is 11.4 Å². The molecular weight excluding hydrogens is 236 g/mol. The molecular formula is C10H8N6O2. The maximum Gasteiger partial charge on any atom is 0.300 e. The van der Waals surface area contributed by atoms with Crippen LogP contribution < -0.4 is 10.2 Å². The number of benzene rings is 1. The normalized spacial score (nSPS) is 14.0. The molecule has 1 aromatic heterocycles. The predicted molar refractivity (Wildman–Crippen MR) is 60.9 cm³/mol. The molecule has 90 valence electrons. The molecule has 0 saturated carbocycles. The maximum absolute atomic E-state index is 12.1. The third-order valence-corrected chi connectivity index (χ3v) is 2.55. The van der Waals surface area contributed by atoms with Crippen molar-refractivity contribution in [1.29, 1.82) is 0 Å². The van der Waals surface area contributed by atoms with E-state index in [1.165, 1.54) is 4.90 Å². The maximum atomic E-state index is 12.1. The predicted octanol–water partition coefficient (Wildman–Crippen LogP) is -0.201. The Bertz CT molecular complexity index is 609. The fourth-order valence-corrected chi connectivity index (χ4v) is 1.79. The lowest BCUT2D eigenvalue weighted by Crippen LogP contribution is -2.42. The van der Waals surface area contributed by atoms with Crippen LogP contribution in [0.15, 0.2) is 24.3 Å². The van der Waals surface area contributed by atoms with Crippen molar-refractivity contribution in [3.63, 3.8) is 0 Å². The Labute approximate surface area is 101 Å². The van der Waals surface area contributed by atoms with Crippen molar-refractivity contribution >= 4 is 23.2 Å². The van der Waals surface area contributed by atoms with Crippen LogP contribution in [0.5, 0.6) is 0 Å². The molecule has 0 unspecified atom stereocenters. The molecule has 2 amide bonds. The molecule has 1 aliphatic heterocycles. The minimum atomic E-state index is -0.467. The van der Waals surface area contributed by atoms with Crippen LogP contribution in [0.1, 0.15) is 10.6 Å². The van der Waals surface area contributed by atoms with E-state index >= 15 is 0 Å². The second-order valence-corrected chi connectivity index (χ2v) is 3.69. The first kappa shape index (κ1) is 10.4. The van der Waals surface area contributed by atoms with Gasteiger partial charge in [0, 0.05) is 0 Å². The van der Waals surface area contributed by atoms with Gasteiger partial charge >= 0.3 is 0 Å². The van der Waals surface area contributed by atoms with Gasteiger partial charge < -0.3 is 5.32 Å². The summed E-state index contributed by atoms with van der Waals surface area (Å²) in [5.41, 5.74) is 1.21. The SMILES string of the molecule is O=C1CN(C(=O)c2nn[nH]n2)c2ccccc2N1. The number of aromatic amines is 1. The Balaban J connectivity index is 2.03. The number of H-pyrrole nitrogens is 1. The van der Waals surface area contributed by atoms with Crippen molar-refractivity contribution in [2.45, 2.75) is 0 Å². The number of fused-ring (bicyclic) bond motifs is 1. The summed E-state index contributed by atoms with van der Waals surface area (Å²) in [5.74, 6) is -0.795. The van der Waals surface area contributed by atoms with Crippen molar-refractivity contribution in [2.75, 3.05) is 16.8 Å². The summed E-state index contributed by atoms with van der Waals surface area (Å²) in [4.78, 5) is 25.0. The van der Waals surface area contributed by atoms with E-state index in [4.69, 9.17) is 0 Å². The Hall–Kier alpha value is -2.77. The molecule has 1 aromatic carbocycles. The van der Waals surface area contributed by atoms with Gasteiger partial charge in [0.25, 0.3) is 11.7 Å². The first-order chi connectivity index (χ1) is 8.75. The average molecular weight is 244 g/mol. The van der Waals surface area contributed by atoms with Crippen molar-refractivity contribution in [3.05, 3.63) is 30.1 Å². The molecule has 0 saturated heterocycles. The lowest BCUT2D eigenvalue weighted by molar-refractivity contribution is -0.115. The highest BCUT2D eigenvalue weighted by Gasteiger charge is 2.29. The molecule has 2 heterocycles. The Morgan fingerprint density at radius 2 is 2.17 bits per heavy atom. The van der Waals surface area contributed by atoms with Crippen LogP contribution in [0, 0.1) is 0 Å². The molecule has 0 spiro atoms. The van der Waals surface area contributed by atoms with Crippen LogP contribution >= 0.6 is 0 Å². The van der Waals surface area contributed by atoms with Gasteiger partial charge in [-0.25, -0.2) is 0 Å². The number of hydrogen-bond acceptors (Lipinski definition) is 5. The summed E-state index contributed by atoms with van der Waals surface area (Å²) < 4.78 is 0. The topological polar surface area (TPSA) is 104 Å². The molecule has 0 atom stereocenters. The van der Waals surface area contributed by atoms with Crippen LogP contribution in [0.4, 0.5) is 11.4 Å². The third kappa shape index (κ3) is 1.59. The van der Waals surface area contributed by atoms with Gasteiger partial charge in [-0.05, 0) is 17.3 Å². The Kier molecular flexibility index (Phi) is 2.26. The standard InChI is InChI=1S/C10H8N6O2/c17-8-5-16(10(18)9-12-14-15-13-9)7-4-2-1-3-6(7)11-8/h1-4H,5H2,(H,11,17)(H,12,13,14,15). The number of para-hydroxylation sites is 2. The zero-order chi connectivity index (χ0) is 12.5. The van der Waals surface area contributed by atoms with Crippen LogP contribution in [-0.2, 0) is 4.79 Å². The van der Waals surface area contributed by atoms with Crippen LogP contribution in [0.3, 0.4) is 0 Å². The summed E-state index contributed by atoms with van der Waals surface area (Å²) in [6.07, 6.45) is 0. The number of nitrogens with one attached hydrogen (secondary N) is 2. The van der Waals surface area contributed by atoms with E-state index in [2.05, 4.69) is 25.9 Å². The zero-order valence-corrected chi connectivity index (χ0v) is 9.12. The molecule has 8 nitrogen and oxygen atoms in total. The van der Waals surface area contributed by atoms with E-state index in [1.807, 2.05) is 0 Å². The minimum Gasteiger partial charge on any atom is -0.323 e. The Morgan fingerprint density at radius 3 is 2.94 bits per heavy atom. The monoisotopic (exact) mass is 244 g/mol. The number of amides is 2. The van der Waals surface area contributed by atoms with Crippen molar-refractivity contribution in [3.8, 4) is 0 Å². The fourth-order valence-electron chi connectivity index (χ4n) is 1.79. The molecule has 3 rings (SSSR count). The number of anilines is 2. The van der Waals surface area contributed by atoms with Gasteiger partial charge in [-0.15, -0.1) is 10.2 Å². The summed E-state index contributed by atoms with van der Waals surface area (Å²) in [6, 6.07) is 7.03. The second kappa shape index (κ2) is 3.91. The molecule has 2 N–H and O–H groups in total. The molecule has 18 heavy (non-hydrogen) atoms. The van der Waals surface area contributed by atoms with Gasteiger partial charge in [-0.2, -0.15) is 5.21 Å². The number of carbonyl (C=O) groups is 2. The van der Waals surface area contributed by atoms with Crippen molar-refractivity contribution < 1.29 is 9.59 Å². The molecule has 0 bridgehead atoms. The third-order valence-electron chi connectivity index (χ3n) is 2.55. The number of carbonyl (C=O) groups excluding carboxylic acids is 2. The highest BCUT2D eigenvalue weighted by atomic mass is 16.2. The second-order valence-electron chi connectivity index (χ2n) is 3.69. The van der Waals surface area contributed by atoms with Crippen molar-refractivity contribution in [1.82, 2.24) is 20.6 Å². The van der Waals surface area contributed by atoms with E-state index in [9.17, 15) is 9.59 Å². The molecule has 0 radical (unpaired) electrons. The largest absolute Gasteiger partial charge is 0.323 e. The van der Waals surface area contributed by atoms with E-state index in [0.29, 0.717) is 11.4 Å². The Morgan fingerprint density at radius 1 is 1.33 bits per heavy atom. The summed E-state index contributed by atoms with van der Waals surface area (Å²) >= 11 is 0. The first-order valence-corrected chi connectivity index (χ1v) is 5.20. The van der Waals surface area contributed by atoms with Crippen LogP contribution in [0.2, 0.25) is 0 Å². The van der Waals surface area contributed by atoms with Crippen molar-refractivity contribution in [2.24, 2.45) is 0 Å². The number of tetrazole rings is 1. The molecule has 0 aliphatic carbocycles. The number of rotatable bonds is 1. The summed E-state index contributed by atoms with van der Waals surface area (Å²) in [5, 5.41) is 15.5. The first-order valence-electron chi connectivity index (χ1n) is 5.20. The highest BCUT2D eigenvalue weighted by Crippen LogP contribution is 2.29.